The van der Waals surface area contributed by atoms with Crippen LogP contribution in [-0.4, -0.2) is 66.9 Å². The van der Waals surface area contributed by atoms with Crippen molar-refractivity contribution in [2.24, 2.45) is 5.73 Å². The maximum Gasteiger partial charge on any atom is 0.330 e. The second-order valence-corrected chi connectivity index (χ2v) is 8.40. The van der Waals surface area contributed by atoms with Gasteiger partial charge in [-0.1, -0.05) is 58.3 Å². The molecule has 0 aromatic carbocycles. The molecular formula is C21H40N2O6S. The first-order valence-electron chi connectivity index (χ1n) is 10.9. The first-order valence-corrected chi connectivity index (χ1v) is 12.1. The number of rotatable bonds is 19. The second kappa shape index (κ2) is 19.6. The molecule has 0 heterocycles. The van der Waals surface area contributed by atoms with E-state index in [-0.39, 0.29) is 12.6 Å². The van der Waals surface area contributed by atoms with Gasteiger partial charge in [-0.15, -0.1) is 0 Å². The van der Waals surface area contributed by atoms with Gasteiger partial charge in [-0.2, -0.15) is 11.8 Å². The van der Waals surface area contributed by atoms with E-state index >= 15 is 0 Å². The number of esters is 2. The minimum absolute atomic E-state index is 0.190. The molecule has 9 heteroatoms. The van der Waals surface area contributed by atoms with Crippen LogP contribution in [0, 0.1) is 0 Å². The number of hydrogen-bond donors (Lipinski definition) is 3. The highest BCUT2D eigenvalue weighted by Crippen LogP contribution is 2.11. The first kappa shape index (κ1) is 28.7. The maximum atomic E-state index is 11.9. The molecule has 4 N–H and O–H groups in total. The third-order valence-corrected chi connectivity index (χ3v) is 5.64. The number of nitrogens with two attached hydrogens (primary N) is 1. The Balaban J connectivity index is 3.65. The fourth-order valence-electron chi connectivity index (χ4n) is 2.75. The van der Waals surface area contributed by atoms with Gasteiger partial charge in [0.05, 0.1) is 19.8 Å². The lowest BCUT2D eigenvalue weighted by atomic mass is 10.1. The Hall–Kier alpha value is -1.32. The smallest absolute Gasteiger partial charge is 0.330 e. The number of unbranched alkanes of at least 4 members (excludes halogenated alkanes) is 8. The number of carbonyl (C=O) groups is 3. The van der Waals surface area contributed by atoms with E-state index in [1.54, 1.807) is 0 Å². The molecular weight excluding hydrogens is 408 g/mol. The molecule has 0 bridgehead atoms. The predicted octanol–water partition coefficient (Wildman–Crippen LogP) is 2.16. The van der Waals surface area contributed by atoms with Crippen LogP contribution >= 0.6 is 11.8 Å². The summed E-state index contributed by atoms with van der Waals surface area (Å²) >= 11 is 1.38. The molecule has 30 heavy (non-hydrogen) atoms. The Morgan fingerprint density at radius 1 is 1.03 bits per heavy atom. The monoisotopic (exact) mass is 448 g/mol. The van der Waals surface area contributed by atoms with Crippen LogP contribution < -0.4 is 11.1 Å². The second-order valence-electron chi connectivity index (χ2n) is 7.25. The SMILES string of the molecule is CCCCCCCCCCCC(=O)OCCSC[C@H](N)C(=O)N[C@@H](CO)C(=O)OC. The fourth-order valence-corrected chi connectivity index (χ4v) is 3.53. The van der Waals surface area contributed by atoms with Crippen molar-refractivity contribution in [3.63, 3.8) is 0 Å². The zero-order chi connectivity index (χ0) is 22.6. The van der Waals surface area contributed by atoms with E-state index in [1.165, 1.54) is 63.8 Å². The molecule has 0 aliphatic rings. The molecule has 0 spiro atoms. The highest BCUT2D eigenvalue weighted by atomic mass is 32.2. The minimum atomic E-state index is -1.12. The summed E-state index contributed by atoms with van der Waals surface area (Å²) in [6.45, 7) is 1.93. The highest BCUT2D eigenvalue weighted by molar-refractivity contribution is 7.99. The lowest BCUT2D eigenvalue weighted by Gasteiger charge is -2.17. The van der Waals surface area contributed by atoms with Crippen LogP contribution in [0.5, 0.6) is 0 Å². The first-order chi connectivity index (χ1) is 14.5. The van der Waals surface area contributed by atoms with Crippen molar-refractivity contribution < 1.29 is 29.0 Å². The minimum Gasteiger partial charge on any atom is -0.467 e. The number of carbonyl (C=O) groups excluding carboxylic acids is 3. The summed E-state index contributed by atoms with van der Waals surface area (Å²) in [5.41, 5.74) is 5.77. The topological polar surface area (TPSA) is 128 Å². The van der Waals surface area contributed by atoms with Crippen LogP contribution in [0.1, 0.15) is 71.1 Å². The number of amides is 1. The largest absolute Gasteiger partial charge is 0.467 e. The van der Waals surface area contributed by atoms with Crippen molar-refractivity contribution in [2.75, 3.05) is 31.8 Å². The summed E-state index contributed by atoms with van der Waals surface area (Å²) in [5, 5.41) is 11.4. The van der Waals surface area contributed by atoms with Crippen molar-refractivity contribution in [1.82, 2.24) is 5.32 Å². The molecule has 176 valence electrons. The van der Waals surface area contributed by atoms with Crippen molar-refractivity contribution in [2.45, 2.75) is 83.2 Å². The van der Waals surface area contributed by atoms with Crippen LogP contribution in [0.3, 0.4) is 0 Å². The molecule has 0 rings (SSSR count). The van der Waals surface area contributed by atoms with Gasteiger partial charge in [-0.05, 0) is 6.42 Å². The molecule has 0 aromatic rings. The van der Waals surface area contributed by atoms with Gasteiger partial charge < -0.3 is 25.6 Å². The predicted molar refractivity (Wildman–Crippen MR) is 119 cm³/mol. The van der Waals surface area contributed by atoms with Gasteiger partial charge in [0.25, 0.3) is 0 Å². The van der Waals surface area contributed by atoms with Gasteiger partial charge in [-0.3, -0.25) is 9.59 Å². The summed E-state index contributed by atoms with van der Waals surface area (Å²) < 4.78 is 9.67. The number of nitrogens with one attached hydrogen (secondary N) is 1. The molecule has 0 unspecified atom stereocenters. The molecule has 2 atom stereocenters. The Morgan fingerprint density at radius 3 is 2.20 bits per heavy atom. The molecule has 0 aliphatic heterocycles. The van der Waals surface area contributed by atoms with Crippen LogP contribution in [0.2, 0.25) is 0 Å². The van der Waals surface area contributed by atoms with Crippen molar-refractivity contribution >= 4 is 29.6 Å². The third kappa shape index (κ3) is 15.5. The molecule has 0 radical (unpaired) electrons. The van der Waals surface area contributed by atoms with Gasteiger partial charge in [0, 0.05) is 17.9 Å². The zero-order valence-corrected chi connectivity index (χ0v) is 19.3. The highest BCUT2D eigenvalue weighted by Gasteiger charge is 2.23. The lowest BCUT2D eigenvalue weighted by molar-refractivity contribution is -0.146. The van der Waals surface area contributed by atoms with E-state index in [0.29, 0.717) is 17.9 Å². The van der Waals surface area contributed by atoms with Crippen molar-refractivity contribution in [1.29, 1.82) is 0 Å². The number of thioether (sulfide) groups is 1. The van der Waals surface area contributed by atoms with Gasteiger partial charge in [0.2, 0.25) is 5.91 Å². The lowest BCUT2D eigenvalue weighted by Crippen LogP contribution is -2.51. The Kier molecular flexibility index (Phi) is 18.8. The van der Waals surface area contributed by atoms with E-state index in [2.05, 4.69) is 17.0 Å². The van der Waals surface area contributed by atoms with Gasteiger partial charge >= 0.3 is 11.9 Å². The summed E-state index contributed by atoms with van der Waals surface area (Å²) in [6.07, 6.45) is 11.3. The summed E-state index contributed by atoms with van der Waals surface area (Å²) in [4.78, 5) is 35.0. The van der Waals surface area contributed by atoms with Crippen LogP contribution in [-0.2, 0) is 23.9 Å². The average molecular weight is 449 g/mol. The third-order valence-electron chi connectivity index (χ3n) is 4.59. The number of aliphatic hydroxyl groups is 1. The summed E-state index contributed by atoms with van der Waals surface area (Å²) in [5.74, 6) is -0.630. The number of aliphatic hydroxyl groups excluding tert-OH is 1. The number of methoxy groups -OCH3 is 1. The van der Waals surface area contributed by atoms with Gasteiger partial charge in [-0.25, -0.2) is 4.79 Å². The number of ether oxygens (including phenoxy) is 2. The van der Waals surface area contributed by atoms with Gasteiger partial charge in [0.1, 0.15) is 6.61 Å². The molecule has 8 nitrogen and oxygen atoms in total. The van der Waals surface area contributed by atoms with Gasteiger partial charge in [0.15, 0.2) is 6.04 Å². The molecule has 0 aliphatic carbocycles. The zero-order valence-electron chi connectivity index (χ0n) is 18.5. The van der Waals surface area contributed by atoms with E-state index in [0.717, 1.165) is 12.8 Å². The quantitative estimate of drug-likeness (QED) is 0.203. The molecule has 0 saturated carbocycles. The van der Waals surface area contributed by atoms with Crippen LogP contribution in [0.4, 0.5) is 0 Å². The number of hydrogen-bond acceptors (Lipinski definition) is 8. The summed E-state index contributed by atoms with van der Waals surface area (Å²) in [7, 11) is 1.17. The standard InChI is InChI=1S/C21H40N2O6S/c1-3-4-5-6-7-8-9-10-11-12-19(25)29-13-14-30-16-17(22)20(26)23-18(15-24)21(27)28-2/h17-18,24H,3-16,22H2,1-2H3,(H,23,26)/t17-,18-/m0/s1. The van der Waals surface area contributed by atoms with Crippen molar-refractivity contribution in [3.8, 4) is 0 Å². The van der Waals surface area contributed by atoms with E-state index in [4.69, 9.17) is 15.6 Å². The summed E-state index contributed by atoms with van der Waals surface area (Å²) in [6, 6.07) is -1.97. The van der Waals surface area contributed by atoms with Crippen LogP contribution in [0.15, 0.2) is 0 Å². The Bertz CT molecular complexity index is 478. The molecule has 0 saturated heterocycles. The van der Waals surface area contributed by atoms with Crippen molar-refractivity contribution in [3.05, 3.63) is 0 Å². The molecule has 0 aromatic heterocycles. The maximum absolute atomic E-state index is 11.9. The van der Waals surface area contributed by atoms with Crippen LogP contribution in [0.25, 0.3) is 0 Å². The fraction of sp³-hybridized carbons (Fsp3) is 0.857. The van der Waals surface area contributed by atoms with E-state index in [9.17, 15) is 14.4 Å². The molecule has 1 amide bonds. The average Bonchev–Trinajstić information content (AvgIpc) is 2.75. The Morgan fingerprint density at radius 2 is 1.63 bits per heavy atom. The molecule has 0 fully saturated rings. The van der Waals surface area contributed by atoms with E-state index < -0.39 is 30.6 Å². The Labute approximate surface area is 185 Å². The normalized spacial score (nSPS) is 12.8. The van der Waals surface area contributed by atoms with E-state index in [1.807, 2.05) is 0 Å².